The number of aromatic nitrogens is 1. The number of carbonyl (C=O) groups is 1. The Kier molecular flexibility index (Phi) is 9.59. The van der Waals surface area contributed by atoms with Crippen molar-refractivity contribution in [3.63, 3.8) is 0 Å². The number of thiazole rings is 1. The van der Waals surface area contributed by atoms with E-state index in [2.05, 4.69) is 27.0 Å². The highest BCUT2D eigenvalue weighted by atomic mass is 32.2. The van der Waals surface area contributed by atoms with Gasteiger partial charge >= 0.3 is 6.03 Å². The van der Waals surface area contributed by atoms with Gasteiger partial charge in [0.2, 0.25) is 0 Å². The number of thioether (sulfide) groups is 1. The largest absolute Gasteiger partial charge is 0.324 e. The molecule has 3 fully saturated rings. The van der Waals surface area contributed by atoms with Crippen molar-refractivity contribution in [1.82, 2.24) is 14.8 Å². The van der Waals surface area contributed by atoms with E-state index in [-0.39, 0.29) is 6.03 Å². The van der Waals surface area contributed by atoms with E-state index in [0.717, 1.165) is 49.0 Å². The third kappa shape index (κ3) is 7.10. The molecule has 1 aliphatic heterocycles. The van der Waals surface area contributed by atoms with E-state index in [1.165, 1.54) is 75.1 Å². The monoisotopic (exact) mass is 478 g/mol. The maximum Gasteiger partial charge on any atom is 0.324 e. The number of nitrogens with one attached hydrogen (secondary N) is 1. The van der Waals surface area contributed by atoms with Gasteiger partial charge in [0.15, 0.2) is 5.13 Å². The van der Waals surface area contributed by atoms with Gasteiger partial charge in [-0.05, 0) is 70.4 Å². The second-order valence-electron chi connectivity index (χ2n) is 10.1. The molecule has 0 atom stereocenters. The molecule has 2 aliphatic carbocycles. The van der Waals surface area contributed by atoms with E-state index >= 15 is 0 Å². The minimum Gasteiger partial charge on any atom is -0.319 e. The van der Waals surface area contributed by atoms with Crippen LogP contribution in [0.5, 0.6) is 0 Å². The fourth-order valence-corrected chi connectivity index (χ4v) is 7.62. The van der Waals surface area contributed by atoms with Crippen LogP contribution in [0.25, 0.3) is 0 Å². The van der Waals surface area contributed by atoms with Crippen molar-refractivity contribution in [1.29, 1.82) is 0 Å². The second kappa shape index (κ2) is 12.6. The molecule has 1 aromatic rings. The number of carbonyl (C=O) groups excluding carboxylic acids is 1. The van der Waals surface area contributed by atoms with Gasteiger partial charge in [-0.15, -0.1) is 11.8 Å². The Morgan fingerprint density at radius 2 is 1.69 bits per heavy atom. The summed E-state index contributed by atoms with van der Waals surface area (Å²) >= 11 is 3.52. The predicted molar refractivity (Wildman–Crippen MR) is 137 cm³/mol. The van der Waals surface area contributed by atoms with Crippen LogP contribution in [0.4, 0.5) is 9.93 Å². The second-order valence-corrected chi connectivity index (χ2v) is 12.6. The maximum atomic E-state index is 13.4. The van der Waals surface area contributed by atoms with E-state index in [1.54, 1.807) is 11.3 Å². The molecule has 0 unspecified atom stereocenters. The van der Waals surface area contributed by atoms with Crippen LogP contribution in [-0.4, -0.2) is 58.3 Å². The zero-order valence-corrected chi connectivity index (χ0v) is 21.5. The van der Waals surface area contributed by atoms with Crippen molar-refractivity contribution in [2.75, 3.05) is 30.7 Å². The molecule has 2 heterocycles. The first kappa shape index (κ1) is 24.3. The van der Waals surface area contributed by atoms with Crippen molar-refractivity contribution in [3.8, 4) is 0 Å². The summed E-state index contributed by atoms with van der Waals surface area (Å²) in [7, 11) is 0. The Labute approximate surface area is 203 Å². The Morgan fingerprint density at radius 1 is 1.03 bits per heavy atom. The first-order chi connectivity index (χ1) is 15.7. The van der Waals surface area contributed by atoms with Crippen LogP contribution in [0.15, 0.2) is 10.4 Å². The molecule has 7 heteroatoms. The van der Waals surface area contributed by atoms with Crippen molar-refractivity contribution >= 4 is 34.3 Å². The Morgan fingerprint density at radius 3 is 2.41 bits per heavy atom. The lowest BCUT2D eigenvalue weighted by Crippen LogP contribution is -2.51. The van der Waals surface area contributed by atoms with Crippen molar-refractivity contribution < 1.29 is 4.79 Å². The normalized spacial score (nSPS) is 25.9. The summed E-state index contributed by atoms with van der Waals surface area (Å²) in [5.74, 6) is 1.90. The standard InChI is InChI=1S/C25H42N4OS2/c1-20-11-13-22(14-12-20)29(21-9-5-4-6-10-21)25(30)27-24-26-19-23(32-24)31-18-17-28-15-7-2-3-8-16-28/h19-22H,2-18H2,1H3,(H,26,27,30). The van der Waals surface area contributed by atoms with Crippen LogP contribution < -0.4 is 5.32 Å². The third-order valence-electron chi connectivity index (χ3n) is 7.63. The molecular formula is C25H42N4OS2. The van der Waals surface area contributed by atoms with Gasteiger partial charge in [0.1, 0.15) is 0 Å². The highest BCUT2D eigenvalue weighted by Crippen LogP contribution is 2.34. The molecule has 1 saturated heterocycles. The summed E-state index contributed by atoms with van der Waals surface area (Å²) < 4.78 is 1.21. The average Bonchev–Trinajstić information content (AvgIpc) is 3.08. The van der Waals surface area contributed by atoms with E-state index in [4.69, 9.17) is 0 Å². The molecule has 180 valence electrons. The minimum absolute atomic E-state index is 0.0897. The van der Waals surface area contributed by atoms with Gasteiger partial charge < -0.3 is 9.80 Å². The third-order valence-corrected chi connectivity index (χ3v) is 9.72. The fourth-order valence-electron chi connectivity index (χ4n) is 5.68. The molecule has 2 amide bonds. The molecule has 1 N–H and O–H groups in total. The highest BCUT2D eigenvalue weighted by molar-refractivity contribution is 8.01. The number of anilines is 1. The van der Waals surface area contributed by atoms with Crippen LogP contribution in [0.2, 0.25) is 0 Å². The summed E-state index contributed by atoms with van der Waals surface area (Å²) in [5, 5.41) is 3.95. The Hall–Kier alpha value is -0.790. The van der Waals surface area contributed by atoms with Gasteiger partial charge in [0, 0.05) is 24.4 Å². The van der Waals surface area contributed by atoms with Gasteiger partial charge in [-0.2, -0.15) is 0 Å². The van der Waals surface area contributed by atoms with Crippen LogP contribution >= 0.6 is 23.1 Å². The van der Waals surface area contributed by atoms with Gasteiger partial charge in [-0.1, -0.05) is 50.4 Å². The molecule has 4 rings (SSSR count). The van der Waals surface area contributed by atoms with Gasteiger partial charge in [0.25, 0.3) is 0 Å². The molecular weight excluding hydrogens is 436 g/mol. The van der Waals surface area contributed by atoms with E-state index in [1.807, 2.05) is 18.0 Å². The topological polar surface area (TPSA) is 48.5 Å². The molecule has 32 heavy (non-hydrogen) atoms. The smallest absolute Gasteiger partial charge is 0.319 e. The number of urea groups is 1. The lowest BCUT2D eigenvalue weighted by atomic mass is 9.84. The lowest BCUT2D eigenvalue weighted by Gasteiger charge is -2.42. The Bertz CT molecular complexity index is 690. The zero-order chi connectivity index (χ0) is 22.2. The summed E-state index contributed by atoms with van der Waals surface area (Å²) in [5.41, 5.74) is 0. The average molecular weight is 479 g/mol. The van der Waals surface area contributed by atoms with Crippen LogP contribution in [-0.2, 0) is 0 Å². The fraction of sp³-hybridized carbons (Fsp3) is 0.840. The van der Waals surface area contributed by atoms with Gasteiger partial charge in [-0.25, -0.2) is 9.78 Å². The summed E-state index contributed by atoms with van der Waals surface area (Å²) in [4.78, 5) is 22.8. The van der Waals surface area contributed by atoms with Crippen LogP contribution in [0.1, 0.15) is 90.4 Å². The summed E-state index contributed by atoms with van der Waals surface area (Å²) in [6.07, 6.45) is 18.4. The molecule has 0 spiro atoms. The van der Waals surface area contributed by atoms with Crippen molar-refractivity contribution in [2.45, 2.75) is 107 Å². The molecule has 1 aromatic heterocycles. The first-order valence-electron chi connectivity index (χ1n) is 13.1. The molecule has 0 aromatic carbocycles. The number of rotatable bonds is 7. The summed E-state index contributed by atoms with van der Waals surface area (Å²) in [6.45, 7) is 6.01. The SMILES string of the molecule is CC1CCC(N(C(=O)Nc2ncc(SCCN3CCCCCC3)s2)C2CCCCC2)CC1. The molecule has 2 saturated carbocycles. The molecule has 0 radical (unpaired) electrons. The highest BCUT2D eigenvalue weighted by Gasteiger charge is 2.34. The molecule has 3 aliphatic rings. The summed E-state index contributed by atoms with van der Waals surface area (Å²) in [6, 6.07) is 0.897. The first-order valence-corrected chi connectivity index (χ1v) is 14.9. The predicted octanol–water partition coefficient (Wildman–Crippen LogP) is 6.86. The van der Waals surface area contributed by atoms with Crippen molar-refractivity contribution in [3.05, 3.63) is 6.20 Å². The van der Waals surface area contributed by atoms with Crippen LogP contribution in [0.3, 0.4) is 0 Å². The number of amides is 2. The minimum atomic E-state index is 0.0897. The van der Waals surface area contributed by atoms with Crippen molar-refractivity contribution in [2.24, 2.45) is 5.92 Å². The molecule has 5 nitrogen and oxygen atoms in total. The Balaban J connectivity index is 1.30. The number of hydrogen-bond acceptors (Lipinski definition) is 5. The van der Waals surface area contributed by atoms with E-state index in [0.29, 0.717) is 12.1 Å². The maximum absolute atomic E-state index is 13.4. The van der Waals surface area contributed by atoms with E-state index < -0.39 is 0 Å². The molecule has 0 bridgehead atoms. The lowest BCUT2D eigenvalue weighted by molar-refractivity contribution is 0.105. The van der Waals surface area contributed by atoms with Crippen LogP contribution in [0, 0.1) is 5.92 Å². The number of nitrogens with zero attached hydrogens (tertiary/aromatic N) is 3. The van der Waals surface area contributed by atoms with Gasteiger partial charge in [-0.3, -0.25) is 5.32 Å². The zero-order valence-electron chi connectivity index (χ0n) is 19.9. The van der Waals surface area contributed by atoms with Gasteiger partial charge in [0.05, 0.1) is 10.4 Å². The number of hydrogen-bond donors (Lipinski definition) is 1. The van der Waals surface area contributed by atoms with E-state index in [9.17, 15) is 4.79 Å². The number of likely N-dealkylation sites (tertiary alicyclic amines) is 1. The quantitative estimate of drug-likeness (QED) is 0.435.